The van der Waals surface area contributed by atoms with Gasteiger partial charge >= 0.3 is 5.97 Å². The second-order valence-electron chi connectivity index (χ2n) is 6.73. The third-order valence-electron chi connectivity index (χ3n) is 4.89. The number of rotatable bonds is 7. The predicted molar refractivity (Wildman–Crippen MR) is 103 cm³/mol. The molecule has 1 heterocycles. The zero-order valence-corrected chi connectivity index (χ0v) is 16.5. The molecule has 1 N–H and O–H groups in total. The van der Waals surface area contributed by atoms with Crippen LogP contribution in [-0.2, 0) is 11.3 Å². The van der Waals surface area contributed by atoms with E-state index in [0.717, 1.165) is 0 Å². The quantitative estimate of drug-likeness (QED) is 0.605. The Kier molecular flexibility index (Phi) is 6.37. The molecule has 0 radical (unpaired) electrons. The van der Waals surface area contributed by atoms with Gasteiger partial charge in [-0.2, -0.15) is 0 Å². The number of aromatic amines is 1. The number of carbonyl (C=O) groups excluding carboxylic acids is 2. The van der Waals surface area contributed by atoms with Gasteiger partial charge in [0.1, 0.15) is 0 Å². The first kappa shape index (κ1) is 19.9. The molecule has 0 unspecified atom stereocenters. The molecule has 26 heavy (non-hydrogen) atoms. The molecule has 1 atom stereocenters. The molecule has 0 bridgehead atoms. The van der Waals surface area contributed by atoms with Crippen molar-refractivity contribution >= 4 is 11.8 Å². The van der Waals surface area contributed by atoms with Crippen molar-refractivity contribution in [2.24, 2.45) is 0 Å². The van der Waals surface area contributed by atoms with Gasteiger partial charge < -0.3 is 9.72 Å². The summed E-state index contributed by atoms with van der Waals surface area (Å²) < 4.78 is 5.10. The van der Waals surface area contributed by atoms with Gasteiger partial charge in [-0.3, -0.25) is 9.69 Å². The van der Waals surface area contributed by atoms with E-state index in [-0.39, 0.29) is 11.8 Å². The van der Waals surface area contributed by atoms with Gasteiger partial charge in [-0.15, -0.1) is 0 Å². The number of H-pyrrole nitrogens is 1. The van der Waals surface area contributed by atoms with Gasteiger partial charge in [0.15, 0.2) is 5.78 Å². The number of nitrogens with one attached hydrogen (secondary N) is 1. The third-order valence-corrected chi connectivity index (χ3v) is 4.89. The lowest BCUT2D eigenvalue weighted by Gasteiger charge is -2.24. The van der Waals surface area contributed by atoms with Crippen molar-refractivity contribution in [2.75, 3.05) is 13.7 Å². The van der Waals surface area contributed by atoms with Gasteiger partial charge in [0.25, 0.3) is 0 Å². The van der Waals surface area contributed by atoms with Crippen LogP contribution >= 0.6 is 0 Å². The number of hydrogen-bond donors (Lipinski definition) is 1. The Morgan fingerprint density at radius 1 is 1.19 bits per heavy atom. The molecule has 0 amide bonds. The van der Waals surface area contributed by atoms with E-state index in [1.54, 1.807) is 20.8 Å². The molecular formula is C21H28N2O3. The number of ether oxygens (including phenoxy) is 1. The summed E-state index contributed by atoms with van der Waals surface area (Å²) in [5, 5.41) is 0. The third kappa shape index (κ3) is 4.05. The van der Waals surface area contributed by atoms with Gasteiger partial charge in [-0.25, -0.2) is 4.79 Å². The summed E-state index contributed by atoms with van der Waals surface area (Å²) in [6, 6.07) is 7.84. The highest BCUT2D eigenvalue weighted by Gasteiger charge is 2.27. The van der Waals surface area contributed by atoms with Crippen LogP contribution in [0.2, 0.25) is 0 Å². The van der Waals surface area contributed by atoms with Crippen LogP contribution in [0.3, 0.4) is 0 Å². The number of hydrogen-bond acceptors (Lipinski definition) is 4. The van der Waals surface area contributed by atoms with Crippen LogP contribution in [0.15, 0.2) is 24.3 Å². The van der Waals surface area contributed by atoms with Gasteiger partial charge in [0, 0.05) is 12.2 Å². The second-order valence-corrected chi connectivity index (χ2v) is 6.73. The van der Waals surface area contributed by atoms with Crippen molar-refractivity contribution in [3.8, 4) is 0 Å². The lowest BCUT2D eigenvalue weighted by Crippen LogP contribution is -2.36. The fourth-order valence-corrected chi connectivity index (χ4v) is 3.11. The number of likely N-dealkylation sites (N-methyl/N-ethyl adjacent to an activating group) is 1. The van der Waals surface area contributed by atoms with Crippen molar-refractivity contribution in [3.63, 3.8) is 0 Å². The molecule has 0 aliphatic carbocycles. The monoisotopic (exact) mass is 356 g/mol. The van der Waals surface area contributed by atoms with Crippen molar-refractivity contribution in [1.29, 1.82) is 0 Å². The smallest absolute Gasteiger partial charge is 0.340 e. The summed E-state index contributed by atoms with van der Waals surface area (Å²) in [5.74, 6) is -0.420. The van der Waals surface area contributed by atoms with Gasteiger partial charge in [-0.1, -0.05) is 24.3 Å². The molecule has 5 nitrogen and oxygen atoms in total. The van der Waals surface area contributed by atoms with E-state index >= 15 is 0 Å². The largest absolute Gasteiger partial charge is 0.462 e. The molecule has 0 aliphatic heterocycles. The second kappa shape index (κ2) is 8.32. The van der Waals surface area contributed by atoms with Crippen LogP contribution in [0.4, 0.5) is 0 Å². The molecule has 1 aromatic heterocycles. The molecular weight excluding hydrogens is 328 g/mol. The standard InChI is InChI=1S/C21H28N2O3/c1-7-26-21(25)18-14(3)19(22-15(18)4)20(24)16(5)23(6)12-17-11-9-8-10-13(17)2/h8-11,16,22H,7,12H2,1-6H3/t16-/m0/s1. The Hall–Kier alpha value is -2.40. The predicted octanol–water partition coefficient (Wildman–Crippen LogP) is 3.82. The molecule has 2 aromatic rings. The number of aromatic nitrogens is 1. The summed E-state index contributed by atoms with van der Waals surface area (Å²) in [6.07, 6.45) is 0. The summed E-state index contributed by atoms with van der Waals surface area (Å²) in [7, 11) is 1.94. The number of esters is 1. The van der Waals surface area contributed by atoms with E-state index in [9.17, 15) is 9.59 Å². The maximum absolute atomic E-state index is 13.0. The Bertz CT molecular complexity index is 808. The molecule has 2 rings (SSSR count). The van der Waals surface area contributed by atoms with Crippen LogP contribution in [0, 0.1) is 20.8 Å². The molecule has 5 heteroatoms. The highest BCUT2D eigenvalue weighted by molar-refractivity contribution is 6.03. The Balaban J connectivity index is 2.21. The van der Waals surface area contributed by atoms with E-state index in [1.807, 2.05) is 31.0 Å². The zero-order valence-electron chi connectivity index (χ0n) is 16.5. The topological polar surface area (TPSA) is 62.4 Å². The van der Waals surface area contributed by atoms with Crippen molar-refractivity contribution in [3.05, 3.63) is 57.9 Å². The Morgan fingerprint density at radius 2 is 1.85 bits per heavy atom. The number of Topliss-reactive ketones (excluding diaryl/α,β-unsaturated/α-hetero) is 1. The van der Waals surface area contributed by atoms with E-state index < -0.39 is 5.97 Å². The van der Waals surface area contributed by atoms with Crippen molar-refractivity contribution in [2.45, 2.75) is 47.2 Å². The van der Waals surface area contributed by atoms with Crippen LogP contribution in [0.25, 0.3) is 0 Å². The number of ketones is 1. The first-order valence-corrected chi connectivity index (χ1v) is 8.93. The fourth-order valence-electron chi connectivity index (χ4n) is 3.11. The van der Waals surface area contributed by atoms with E-state index in [2.05, 4.69) is 24.0 Å². The lowest BCUT2D eigenvalue weighted by molar-refractivity contribution is 0.0525. The van der Waals surface area contributed by atoms with Crippen molar-refractivity contribution in [1.82, 2.24) is 9.88 Å². The van der Waals surface area contributed by atoms with Crippen molar-refractivity contribution < 1.29 is 14.3 Å². The van der Waals surface area contributed by atoms with E-state index in [1.165, 1.54) is 11.1 Å². The molecule has 0 saturated carbocycles. The molecule has 1 aromatic carbocycles. The molecule has 0 fully saturated rings. The summed E-state index contributed by atoms with van der Waals surface area (Å²) in [4.78, 5) is 30.2. The van der Waals surface area contributed by atoms with E-state index in [4.69, 9.17) is 4.74 Å². The van der Waals surface area contributed by atoms with Gasteiger partial charge in [0.05, 0.1) is 23.9 Å². The first-order chi connectivity index (χ1) is 12.3. The van der Waals surface area contributed by atoms with Gasteiger partial charge in [-0.05, 0) is 58.4 Å². The Morgan fingerprint density at radius 3 is 2.46 bits per heavy atom. The first-order valence-electron chi connectivity index (χ1n) is 8.93. The summed E-state index contributed by atoms with van der Waals surface area (Å²) in [5.41, 5.74) is 4.66. The van der Waals surface area contributed by atoms with E-state index in [0.29, 0.717) is 35.7 Å². The number of carbonyl (C=O) groups is 2. The van der Waals surface area contributed by atoms with Crippen LogP contribution in [0.5, 0.6) is 0 Å². The average Bonchev–Trinajstić information content (AvgIpc) is 2.90. The molecule has 140 valence electrons. The minimum Gasteiger partial charge on any atom is -0.462 e. The SMILES string of the molecule is CCOC(=O)c1c(C)[nH]c(C(=O)[C@H](C)N(C)Cc2ccccc2C)c1C. The molecule has 0 saturated heterocycles. The highest BCUT2D eigenvalue weighted by Crippen LogP contribution is 2.22. The maximum atomic E-state index is 13.0. The maximum Gasteiger partial charge on any atom is 0.340 e. The minimum absolute atomic E-state index is 0.0303. The molecule has 0 aliphatic rings. The molecule has 0 spiro atoms. The van der Waals surface area contributed by atoms with Gasteiger partial charge in [0.2, 0.25) is 0 Å². The average molecular weight is 356 g/mol. The minimum atomic E-state index is -0.390. The zero-order chi connectivity index (χ0) is 19.4. The number of benzene rings is 1. The van der Waals surface area contributed by atoms with Crippen LogP contribution in [-0.4, -0.2) is 41.3 Å². The highest BCUT2D eigenvalue weighted by atomic mass is 16.5. The van der Waals surface area contributed by atoms with Crippen LogP contribution < -0.4 is 0 Å². The fraction of sp³-hybridized carbons (Fsp3) is 0.429. The normalized spacial score (nSPS) is 12.3. The number of nitrogens with zero attached hydrogens (tertiary/aromatic N) is 1. The number of aryl methyl sites for hydroxylation is 2. The van der Waals surface area contributed by atoms with Crippen LogP contribution in [0.1, 0.15) is 57.1 Å². The summed E-state index contributed by atoms with van der Waals surface area (Å²) >= 11 is 0. The Labute approximate surface area is 155 Å². The lowest BCUT2D eigenvalue weighted by atomic mass is 10.0. The summed E-state index contributed by atoms with van der Waals surface area (Å²) in [6.45, 7) is 10.3.